The molecule has 0 saturated carbocycles. The maximum absolute atomic E-state index is 8.81. The van der Waals surface area contributed by atoms with E-state index in [0.717, 1.165) is 12.0 Å². The fraction of sp³-hybridized carbons (Fsp3) is 0.300. The zero-order valence-corrected chi connectivity index (χ0v) is 8.73. The maximum Gasteiger partial charge on any atom is 0.0710 e. The average molecular weight is 214 g/mol. The molecule has 0 fully saturated rings. The predicted molar refractivity (Wildman–Crippen MR) is 55.1 cm³/mol. The molecule has 1 unspecified atom stereocenters. The summed E-state index contributed by atoms with van der Waals surface area (Å²) in [5.74, 6) is -0.0882. The molecule has 0 radical (unpaired) electrons. The van der Waals surface area contributed by atoms with Crippen LogP contribution in [0.25, 0.3) is 0 Å². The Morgan fingerprint density at radius 2 is 2.08 bits per heavy atom. The van der Waals surface area contributed by atoms with Gasteiger partial charge >= 0.3 is 0 Å². The number of halogens is 2. The van der Waals surface area contributed by atoms with Crippen molar-refractivity contribution in [1.82, 2.24) is 0 Å². The van der Waals surface area contributed by atoms with Gasteiger partial charge in [0.2, 0.25) is 0 Å². The predicted octanol–water partition coefficient (Wildman–Crippen LogP) is 4.01. The molecule has 13 heavy (non-hydrogen) atoms. The minimum atomic E-state index is -0.0882. The molecular weight excluding hydrogens is 205 g/mol. The first kappa shape index (κ1) is 10.4. The Morgan fingerprint density at radius 3 is 2.54 bits per heavy atom. The Balaban J connectivity index is 3.04. The van der Waals surface area contributed by atoms with Gasteiger partial charge in [-0.15, -0.1) is 0 Å². The van der Waals surface area contributed by atoms with E-state index < -0.39 is 0 Å². The number of rotatable bonds is 2. The number of benzene rings is 1. The Hall–Kier alpha value is -0.710. The van der Waals surface area contributed by atoms with Gasteiger partial charge in [-0.1, -0.05) is 36.2 Å². The zero-order valence-electron chi connectivity index (χ0n) is 7.22. The Bertz CT molecular complexity index is 341. The first-order chi connectivity index (χ1) is 6.19. The van der Waals surface area contributed by atoms with E-state index in [1.54, 1.807) is 12.1 Å². The number of nitrogens with zero attached hydrogens (tertiary/aromatic N) is 1. The Kier molecular flexibility index (Phi) is 3.59. The molecule has 0 aliphatic rings. The molecule has 0 amide bonds. The largest absolute Gasteiger partial charge is 0.198 e. The molecule has 1 aromatic rings. The van der Waals surface area contributed by atoms with Crippen LogP contribution in [-0.4, -0.2) is 0 Å². The van der Waals surface area contributed by atoms with Gasteiger partial charge in [0, 0.05) is 0 Å². The van der Waals surface area contributed by atoms with E-state index in [1.165, 1.54) is 0 Å². The summed E-state index contributed by atoms with van der Waals surface area (Å²) in [4.78, 5) is 0. The summed E-state index contributed by atoms with van der Waals surface area (Å²) in [6.07, 6.45) is 0.786. The lowest BCUT2D eigenvalue weighted by Gasteiger charge is -2.06. The first-order valence-electron chi connectivity index (χ1n) is 4.03. The normalized spacial score (nSPS) is 12.2. The minimum absolute atomic E-state index is 0.0882. The molecule has 1 aromatic carbocycles. The van der Waals surface area contributed by atoms with Gasteiger partial charge in [0.15, 0.2) is 0 Å². The van der Waals surface area contributed by atoms with E-state index in [2.05, 4.69) is 6.07 Å². The molecule has 1 nitrogen and oxygen atoms in total. The fourth-order valence-corrected chi connectivity index (χ4v) is 1.44. The van der Waals surface area contributed by atoms with Crippen LogP contribution < -0.4 is 0 Å². The van der Waals surface area contributed by atoms with Gasteiger partial charge in [-0.2, -0.15) is 5.26 Å². The quantitative estimate of drug-likeness (QED) is 0.729. The summed E-state index contributed by atoms with van der Waals surface area (Å²) in [5, 5.41) is 9.85. The molecule has 3 heteroatoms. The monoisotopic (exact) mass is 213 g/mol. The summed E-state index contributed by atoms with van der Waals surface area (Å²) in [7, 11) is 0. The number of nitriles is 1. The summed E-state index contributed by atoms with van der Waals surface area (Å²) >= 11 is 11.6. The second kappa shape index (κ2) is 4.50. The average Bonchev–Trinajstić information content (AvgIpc) is 2.13. The smallest absolute Gasteiger partial charge is 0.0710 e. The third kappa shape index (κ3) is 2.37. The highest BCUT2D eigenvalue weighted by atomic mass is 35.5. The molecule has 0 aliphatic heterocycles. The van der Waals surface area contributed by atoms with Crippen molar-refractivity contribution in [3.63, 3.8) is 0 Å². The Labute approximate surface area is 87.9 Å². The van der Waals surface area contributed by atoms with Crippen LogP contribution in [0.4, 0.5) is 0 Å². The third-order valence-corrected chi connectivity index (χ3v) is 2.65. The molecule has 0 saturated heterocycles. The molecule has 1 rings (SSSR count). The van der Waals surface area contributed by atoms with Gasteiger partial charge in [0.25, 0.3) is 0 Å². The number of hydrogen-bond donors (Lipinski definition) is 0. The maximum atomic E-state index is 8.81. The Morgan fingerprint density at radius 1 is 1.38 bits per heavy atom. The van der Waals surface area contributed by atoms with Crippen molar-refractivity contribution in [2.24, 2.45) is 0 Å². The topological polar surface area (TPSA) is 23.8 Å². The van der Waals surface area contributed by atoms with E-state index in [-0.39, 0.29) is 5.92 Å². The summed E-state index contributed by atoms with van der Waals surface area (Å²) in [6, 6.07) is 7.52. The van der Waals surface area contributed by atoms with E-state index in [4.69, 9.17) is 28.5 Å². The van der Waals surface area contributed by atoms with Crippen molar-refractivity contribution in [3.8, 4) is 6.07 Å². The molecule has 1 atom stereocenters. The molecule has 0 bridgehead atoms. The zero-order chi connectivity index (χ0) is 9.84. The van der Waals surface area contributed by atoms with Crippen LogP contribution in [0.5, 0.6) is 0 Å². The summed E-state index contributed by atoms with van der Waals surface area (Å²) in [5.41, 5.74) is 0.930. The van der Waals surface area contributed by atoms with Crippen molar-refractivity contribution < 1.29 is 0 Å². The molecule has 68 valence electrons. The van der Waals surface area contributed by atoms with Crippen molar-refractivity contribution in [2.75, 3.05) is 0 Å². The van der Waals surface area contributed by atoms with Gasteiger partial charge in [0.1, 0.15) is 0 Å². The van der Waals surface area contributed by atoms with Crippen molar-refractivity contribution in [3.05, 3.63) is 33.8 Å². The van der Waals surface area contributed by atoms with Crippen molar-refractivity contribution in [2.45, 2.75) is 19.3 Å². The van der Waals surface area contributed by atoms with Gasteiger partial charge < -0.3 is 0 Å². The van der Waals surface area contributed by atoms with E-state index in [1.807, 2.05) is 13.0 Å². The lowest BCUT2D eigenvalue weighted by Crippen LogP contribution is -1.92. The molecule has 0 heterocycles. The van der Waals surface area contributed by atoms with Crippen molar-refractivity contribution >= 4 is 23.2 Å². The van der Waals surface area contributed by atoms with E-state index in [0.29, 0.717) is 10.0 Å². The molecule has 0 spiro atoms. The van der Waals surface area contributed by atoms with E-state index >= 15 is 0 Å². The molecule has 0 aromatic heterocycles. The van der Waals surface area contributed by atoms with Gasteiger partial charge in [-0.25, -0.2) is 0 Å². The van der Waals surface area contributed by atoms with Crippen LogP contribution in [0.2, 0.25) is 10.0 Å². The molecule has 0 aliphatic carbocycles. The highest BCUT2D eigenvalue weighted by molar-refractivity contribution is 6.42. The highest BCUT2D eigenvalue weighted by Crippen LogP contribution is 2.27. The SMILES string of the molecule is CCC(C#N)c1ccc(Cl)c(Cl)c1. The number of hydrogen-bond acceptors (Lipinski definition) is 1. The molecule has 0 N–H and O–H groups in total. The molecular formula is C10H9Cl2N. The van der Waals surface area contributed by atoms with Gasteiger partial charge in [0.05, 0.1) is 22.0 Å². The lowest BCUT2D eigenvalue weighted by atomic mass is 9.98. The standard InChI is InChI=1S/C10H9Cl2N/c1-2-7(6-13)8-3-4-9(11)10(12)5-8/h3-5,7H,2H2,1H3. The van der Waals surface area contributed by atoms with Gasteiger partial charge in [-0.3, -0.25) is 0 Å². The van der Waals surface area contributed by atoms with Crippen LogP contribution in [0.3, 0.4) is 0 Å². The van der Waals surface area contributed by atoms with E-state index in [9.17, 15) is 0 Å². The van der Waals surface area contributed by atoms with Crippen molar-refractivity contribution in [1.29, 1.82) is 5.26 Å². The van der Waals surface area contributed by atoms with Gasteiger partial charge in [-0.05, 0) is 24.1 Å². The van der Waals surface area contributed by atoms with Crippen LogP contribution in [0.1, 0.15) is 24.8 Å². The van der Waals surface area contributed by atoms with Crippen LogP contribution in [0.15, 0.2) is 18.2 Å². The first-order valence-corrected chi connectivity index (χ1v) is 4.79. The fourth-order valence-electron chi connectivity index (χ4n) is 1.13. The highest BCUT2D eigenvalue weighted by Gasteiger charge is 2.09. The summed E-state index contributed by atoms with van der Waals surface area (Å²) < 4.78 is 0. The second-order valence-electron chi connectivity index (χ2n) is 2.76. The third-order valence-electron chi connectivity index (χ3n) is 1.91. The second-order valence-corrected chi connectivity index (χ2v) is 3.58. The minimum Gasteiger partial charge on any atom is -0.198 e. The van der Waals surface area contributed by atoms with Crippen LogP contribution in [-0.2, 0) is 0 Å². The lowest BCUT2D eigenvalue weighted by molar-refractivity contribution is 0.818. The van der Waals surface area contributed by atoms with Crippen LogP contribution in [0, 0.1) is 11.3 Å². The van der Waals surface area contributed by atoms with Crippen LogP contribution >= 0.6 is 23.2 Å². The summed E-state index contributed by atoms with van der Waals surface area (Å²) in [6.45, 7) is 1.97.